The molecule has 9 nitrogen and oxygen atoms in total. The van der Waals surface area contributed by atoms with Crippen LogP contribution in [0.4, 0.5) is 4.79 Å². The van der Waals surface area contributed by atoms with Crippen molar-refractivity contribution in [2.75, 3.05) is 7.11 Å². The van der Waals surface area contributed by atoms with E-state index in [0.29, 0.717) is 18.7 Å². The summed E-state index contributed by atoms with van der Waals surface area (Å²) in [5.41, 5.74) is 2.43. The van der Waals surface area contributed by atoms with Crippen molar-refractivity contribution in [3.63, 3.8) is 0 Å². The van der Waals surface area contributed by atoms with Gasteiger partial charge in [0.1, 0.15) is 11.6 Å². The van der Waals surface area contributed by atoms with Gasteiger partial charge in [0, 0.05) is 37.7 Å². The van der Waals surface area contributed by atoms with E-state index in [4.69, 9.17) is 4.74 Å². The summed E-state index contributed by atoms with van der Waals surface area (Å²) >= 11 is 0. The number of carbonyl (C=O) groups excluding carboxylic acids is 1. The predicted octanol–water partition coefficient (Wildman–Crippen LogP) is 1.40. The number of carbonyl (C=O) groups is 1. The Morgan fingerprint density at radius 1 is 1.32 bits per heavy atom. The van der Waals surface area contributed by atoms with Crippen molar-refractivity contribution < 1.29 is 14.3 Å². The Kier molecular flexibility index (Phi) is 3.75. The van der Waals surface area contributed by atoms with Gasteiger partial charge in [0.25, 0.3) is 0 Å². The van der Waals surface area contributed by atoms with E-state index in [1.54, 1.807) is 21.6 Å². The Morgan fingerprint density at radius 2 is 2.16 bits per heavy atom. The molecule has 1 saturated carbocycles. The molecule has 0 aromatic carbocycles. The van der Waals surface area contributed by atoms with E-state index in [1.165, 1.54) is 7.11 Å². The average Bonchev–Trinajstić information content (AvgIpc) is 3.20. The number of hydrogen-bond donors (Lipinski definition) is 1. The molecule has 1 N–H and O–H groups in total. The minimum absolute atomic E-state index is 0.00231. The average molecular weight is 342 g/mol. The van der Waals surface area contributed by atoms with E-state index in [9.17, 15) is 4.79 Å². The number of ether oxygens (including phenoxy) is 2. The number of nitrogens with one attached hydrogen (secondary N) is 1. The van der Waals surface area contributed by atoms with Gasteiger partial charge in [-0.1, -0.05) is 0 Å². The molecule has 0 atom stereocenters. The molecule has 3 aromatic heterocycles. The van der Waals surface area contributed by atoms with Crippen LogP contribution in [0.1, 0.15) is 12.8 Å². The van der Waals surface area contributed by atoms with Gasteiger partial charge in [-0.15, -0.1) is 0 Å². The third-order valence-electron chi connectivity index (χ3n) is 4.24. The van der Waals surface area contributed by atoms with Crippen molar-refractivity contribution in [2.24, 2.45) is 7.05 Å². The van der Waals surface area contributed by atoms with Crippen LogP contribution in [0, 0.1) is 0 Å². The number of aromatic nitrogens is 5. The lowest BCUT2D eigenvalue weighted by Crippen LogP contribution is -2.49. The lowest BCUT2D eigenvalue weighted by atomic mass is 9.89. The van der Waals surface area contributed by atoms with Crippen LogP contribution in [0.2, 0.25) is 0 Å². The van der Waals surface area contributed by atoms with Crippen molar-refractivity contribution in [3.05, 3.63) is 30.9 Å². The molecule has 130 valence electrons. The van der Waals surface area contributed by atoms with Gasteiger partial charge in [-0.05, 0) is 6.07 Å². The summed E-state index contributed by atoms with van der Waals surface area (Å²) < 4.78 is 14.1. The fourth-order valence-electron chi connectivity index (χ4n) is 2.84. The van der Waals surface area contributed by atoms with E-state index >= 15 is 0 Å². The molecule has 3 heterocycles. The van der Waals surface area contributed by atoms with E-state index < -0.39 is 6.09 Å². The molecule has 0 aliphatic heterocycles. The summed E-state index contributed by atoms with van der Waals surface area (Å²) in [5.74, 6) is 0.528. The lowest BCUT2D eigenvalue weighted by molar-refractivity contribution is 0.0777. The highest BCUT2D eigenvalue weighted by Gasteiger charge is 2.33. The molecule has 0 bridgehead atoms. The molecule has 3 aromatic rings. The first kappa shape index (κ1) is 15.4. The van der Waals surface area contributed by atoms with E-state index in [0.717, 1.165) is 16.8 Å². The maximum Gasteiger partial charge on any atom is 0.407 e. The summed E-state index contributed by atoms with van der Waals surface area (Å²) in [6, 6.07) is 1.93. The van der Waals surface area contributed by atoms with E-state index in [2.05, 4.69) is 25.2 Å². The van der Waals surface area contributed by atoms with Gasteiger partial charge in [0.2, 0.25) is 5.88 Å². The Bertz CT molecular complexity index is 912. The number of hydrogen-bond acceptors (Lipinski definition) is 6. The van der Waals surface area contributed by atoms with Gasteiger partial charge in [-0.25, -0.2) is 14.3 Å². The number of alkyl carbamates (subject to hydrolysis) is 1. The third-order valence-corrected chi connectivity index (χ3v) is 4.24. The summed E-state index contributed by atoms with van der Waals surface area (Å²) in [4.78, 5) is 15.8. The van der Waals surface area contributed by atoms with Crippen molar-refractivity contribution in [2.45, 2.75) is 25.0 Å². The van der Waals surface area contributed by atoms with Crippen LogP contribution < -0.4 is 10.1 Å². The summed E-state index contributed by atoms with van der Waals surface area (Å²) in [7, 11) is 3.21. The molecule has 9 heteroatoms. The number of nitrogens with zero attached hydrogens (tertiary/aromatic N) is 5. The van der Waals surface area contributed by atoms with Crippen LogP contribution in [-0.4, -0.2) is 49.7 Å². The largest absolute Gasteiger partial charge is 0.473 e. The maximum atomic E-state index is 11.2. The quantitative estimate of drug-likeness (QED) is 0.770. The molecule has 1 aliphatic carbocycles. The second-order valence-corrected chi connectivity index (χ2v) is 6.04. The summed E-state index contributed by atoms with van der Waals surface area (Å²) in [5, 5.41) is 11.2. The highest BCUT2D eigenvalue weighted by Crippen LogP contribution is 2.29. The minimum Gasteiger partial charge on any atom is -0.473 e. The smallest absolute Gasteiger partial charge is 0.407 e. The number of aryl methyl sites for hydroxylation is 1. The van der Waals surface area contributed by atoms with Gasteiger partial charge in [0.05, 0.1) is 31.4 Å². The van der Waals surface area contributed by atoms with Gasteiger partial charge in [0.15, 0.2) is 0 Å². The van der Waals surface area contributed by atoms with Crippen molar-refractivity contribution in [1.82, 2.24) is 29.7 Å². The molecular formula is C16H18N6O3. The van der Waals surface area contributed by atoms with Crippen LogP contribution in [0.25, 0.3) is 16.8 Å². The number of rotatable bonds is 4. The third kappa shape index (κ3) is 3.00. The Balaban J connectivity index is 1.53. The Labute approximate surface area is 143 Å². The fourth-order valence-corrected chi connectivity index (χ4v) is 2.84. The van der Waals surface area contributed by atoms with Crippen LogP contribution in [0.3, 0.4) is 0 Å². The molecule has 0 unspecified atom stereocenters. The molecule has 25 heavy (non-hydrogen) atoms. The zero-order valence-electron chi connectivity index (χ0n) is 13.9. The highest BCUT2D eigenvalue weighted by molar-refractivity contribution is 5.67. The molecule has 4 rings (SSSR count). The van der Waals surface area contributed by atoms with Crippen LogP contribution in [0.5, 0.6) is 5.88 Å². The summed E-state index contributed by atoms with van der Waals surface area (Å²) in [6.07, 6.45) is 8.21. The van der Waals surface area contributed by atoms with Gasteiger partial charge >= 0.3 is 6.09 Å². The standard InChI is InChI=1S/C16H18N6O3/c1-21-8-10(7-18-21)13-9-22-14(3-4-17-22)15(20-13)25-12-5-11(6-12)19-16(23)24-2/h3-4,7-9,11-12H,5-6H2,1-2H3,(H,19,23). The minimum atomic E-state index is -0.418. The Hall–Kier alpha value is -3.10. The maximum absolute atomic E-state index is 11.2. The first-order valence-electron chi connectivity index (χ1n) is 7.97. The van der Waals surface area contributed by atoms with Gasteiger partial charge in [-0.2, -0.15) is 10.2 Å². The molecule has 1 amide bonds. The Morgan fingerprint density at radius 3 is 2.88 bits per heavy atom. The van der Waals surface area contributed by atoms with E-state index in [-0.39, 0.29) is 12.1 Å². The topological polar surface area (TPSA) is 95.6 Å². The molecule has 0 radical (unpaired) electrons. The van der Waals surface area contributed by atoms with Crippen molar-refractivity contribution in [3.8, 4) is 17.1 Å². The fraction of sp³-hybridized carbons (Fsp3) is 0.375. The van der Waals surface area contributed by atoms with Crippen LogP contribution in [0.15, 0.2) is 30.9 Å². The number of amides is 1. The number of fused-ring (bicyclic) bond motifs is 1. The monoisotopic (exact) mass is 342 g/mol. The normalized spacial score (nSPS) is 19.4. The zero-order valence-corrected chi connectivity index (χ0v) is 13.9. The van der Waals surface area contributed by atoms with Crippen LogP contribution >= 0.6 is 0 Å². The molecule has 1 aliphatic rings. The zero-order chi connectivity index (χ0) is 17.4. The summed E-state index contributed by atoms with van der Waals surface area (Å²) in [6.45, 7) is 0. The first-order valence-corrected chi connectivity index (χ1v) is 7.97. The number of methoxy groups -OCH3 is 1. The van der Waals surface area contributed by atoms with Crippen LogP contribution in [-0.2, 0) is 11.8 Å². The molecule has 1 fully saturated rings. The van der Waals surface area contributed by atoms with Gasteiger partial charge < -0.3 is 14.8 Å². The van der Waals surface area contributed by atoms with Gasteiger partial charge in [-0.3, -0.25) is 4.68 Å². The second kappa shape index (κ2) is 6.08. The molecular weight excluding hydrogens is 324 g/mol. The first-order chi connectivity index (χ1) is 12.1. The SMILES string of the molecule is COC(=O)NC1CC(Oc2nc(-c3cnn(C)c3)cn3nccc23)C1. The lowest BCUT2D eigenvalue weighted by Gasteiger charge is -2.35. The van der Waals surface area contributed by atoms with Crippen molar-refractivity contribution >= 4 is 11.6 Å². The molecule has 0 spiro atoms. The van der Waals surface area contributed by atoms with E-state index in [1.807, 2.05) is 25.5 Å². The second-order valence-electron chi connectivity index (χ2n) is 6.04. The molecule has 0 saturated heterocycles. The van der Waals surface area contributed by atoms with Crippen molar-refractivity contribution in [1.29, 1.82) is 0 Å². The predicted molar refractivity (Wildman–Crippen MR) is 88.2 cm³/mol. The highest BCUT2D eigenvalue weighted by atomic mass is 16.5.